The molecule has 1 aromatic carbocycles. The van der Waals surface area contributed by atoms with E-state index in [0.717, 1.165) is 40.6 Å². The molecule has 1 unspecified atom stereocenters. The van der Waals surface area contributed by atoms with Crippen molar-refractivity contribution in [3.63, 3.8) is 0 Å². The molecule has 146 valence electrons. The molecule has 3 aromatic heterocycles. The molecule has 1 N–H and O–H groups in total. The van der Waals surface area contributed by atoms with Crippen molar-refractivity contribution in [2.75, 3.05) is 13.1 Å². The second-order valence-electron chi connectivity index (χ2n) is 7.27. The van der Waals surface area contributed by atoms with E-state index in [-0.39, 0.29) is 11.6 Å². The molecular formula is C23H21N3OS2. The van der Waals surface area contributed by atoms with E-state index in [0.29, 0.717) is 5.39 Å². The van der Waals surface area contributed by atoms with Crippen LogP contribution in [0.2, 0.25) is 0 Å². The Bertz CT molecular complexity index is 1220. The molecular weight excluding hydrogens is 398 g/mol. The summed E-state index contributed by atoms with van der Waals surface area (Å²) >= 11 is 3.19. The quantitative estimate of drug-likeness (QED) is 0.471. The van der Waals surface area contributed by atoms with Gasteiger partial charge in [0.05, 0.1) is 11.4 Å². The first-order valence-corrected chi connectivity index (χ1v) is 11.5. The maximum absolute atomic E-state index is 12.9. The SMILES string of the molecule is CC(c1nc2scc(-c3cccs3)c2c(=O)[nH]1)N1CC=C(c2ccccc2)CC1. The molecule has 4 aromatic rings. The van der Waals surface area contributed by atoms with Crippen LogP contribution < -0.4 is 5.56 Å². The predicted molar refractivity (Wildman–Crippen MR) is 123 cm³/mol. The van der Waals surface area contributed by atoms with Gasteiger partial charge >= 0.3 is 0 Å². The van der Waals surface area contributed by atoms with Crippen molar-refractivity contribution < 1.29 is 0 Å². The lowest BCUT2D eigenvalue weighted by Crippen LogP contribution is -2.33. The fourth-order valence-corrected chi connectivity index (χ4v) is 5.67. The number of benzene rings is 1. The lowest BCUT2D eigenvalue weighted by atomic mass is 9.99. The smallest absolute Gasteiger partial charge is 0.260 e. The minimum Gasteiger partial charge on any atom is -0.309 e. The number of nitrogens with one attached hydrogen (secondary N) is 1. The number of aromatic nitrogens is 2. The molecule has 0 saturated carbocycles. The summed E-state index contributed by atoms with van der Waals surface area (Å²) in [6.45, 7) is 3.94. The van der Waals surface area contributed by atoms with Crippen LogP contribution in [0, 0.1) is 0 Å². The number of H-pyrrole nitrogens is 1. The minimum atomic E-state index is -0.0426. The third kappa shape index (κ3) is 3.48. The van der Waals surface area contributed by atoms with Gasteiger partial charge in [-0.2, -0.15) is 0 Å². The lowest BCUT2D eigenvalue weighted by Gasteiger charge is -2.31. The lowest BCUT2D eigenvalue weighted by molar-refractivity contribution is 0.225. The number of thiophene rings is 2. The van der Waals surface area contributed by atoms with E-state index >= 15 is 0 Å². The van der Waals surface area contributed by atoms with Crippen molar-refractivity contribution in [2.45, 2.75) is 19.4 Å². The number of fused-ring (bicyclic) bond motifs is 1. The monoisotopic (exact) mass is 419 g/mol. The van der Waals surface area contributed by atoms with Gasteiger partial charge in [-0.3, -0.25) is 9.69 Å². The van der Waals surface area contributed by atoms with Crippen LogP contribution in [0.4, 0.5) is 0 Å². The Morgan fingerprint density at radius 2 is 2.00 bits per heavy atom. The normalized spacial score (nSPS) is 16.1. The van der Waals surface area contributed by atoms with Crippen LogP contribution in [-0.4, -0.2) is 28.0 Å². The summed E-state index contributed by atoms with van der Waals surface area (Å²) in [5.41, 5.74) is 3.64. The molecule has 4 heterocycles. The van der Waals surface area contributed by atoms with E-state index in [4.69, 9.17) is 4.98 Å². The van der Waals surface area contributed by atoms with Gasteiger partial charge in [0.1, 0.15) is 10.7 Å². The number of aromatic amines is 1. The van der Waals surface area contributed by atoms with Crippen molar-refractivity contribution in [3.05, 3.63) is 81.0 Å². The van der Waals surface area contributed by atoms with Gasteiger partial charge in [-0.15, -0.1) is 22.7 Å². The van der Waals surface area contributed by atoms with Crippen molar-refractivity contribution in [3.8, 4) is 10.4 Å². The first-order valence-electron chi connectivity index (χ1n) is 9.74. The maximum atomic E-state index is 12.9. The topological polar surface area (TPSA) is 49.0 Å². The molecule has 6 heteroatoms. The summed E-state index contributed by atoms with van der Waals surface area (Å²) in [5.74, 6) is 0.749. The highest BCUT2D eigenvalue weighted by Crippen LogP contribution is 2.34. The molecule has 29 heavy (non-hydrogen) atoms. The first kappa shape index (κ1) is 18.5. The summed E-state index contributed by atoms with van der Waals surface area (Å²) < 4.78 is 0. The van der Waals surface area contributed by atoms with Crippen molar-refractivity contribution >= 4 is 38.5 Å². The van der Waals surface area contributed by atoms with Gasteiger partial charge in [0.2, 0.25) is 0 Å². The molecule has 5 rings (SSSR count). The highest BCUT2D eigenvalue weighted by molar-refractivity contribution is 7.18. The van der Waals surface area contributed by atoms with Crippen LogP contribution in [-0.2, 0) is 0 Å². The van der Waals surface area contributed by atoms with Gasteiger partial charge in [-0.1, -0.05) is 42.5 Å². The van der Waals surface area contributed by atoms with E-state index in [9.17, 15) is 4.79 Å². The van der Waals surface area contributed by atoms with Crippen LogP contribution >= 0.6 is 22.7 Å². The van der Waals surface area contributed by atoms with E-state index in [2.05, 4.69) is 47.1 Å². The van der Waals surface area contributed by atoms with Gasteiger partial charge < -0.3 is 4.98 Å². The molecule has 1 aliphatic heterocycles. The fourth-order valence-electron chi connectivity index (χ4n) is 3.90. The van der Waals surface area contributed by atoms with Crippen LogP contribution in [0.25, 0.3) is 26.2 Å². The first-order chi connectivity index (χ1) is 14.2. The summed E-state index contributed by atoms with van der Waals surface area (Å²) in [4.78, 5) is 25.1. The summed E-state index contributed by atoms with van der Waals surface area (Å²) in [5, 5.41) is 4.78. The maximum Gasteiger partial charge on any atom is 0.260 e. The standard InChI is InChI=1S/C23H21N3OS2/c1-15(26-11-9-17(10-12-26)16-6-3-2-4-7-16)21-24-22(27)20-18(14-29-23(20)25-21)19-8-5-13-28-19/h2-9,13-15H,10-12H2,1H3,(H,24,25,27). The van der Waals surface area contributed by atoms with Gasteiger partial charge in [0.25, 0.3) is 5.56 Å². The molecule has 0 bridgehead atoms. The zero-order valence-electron chi connectivity index (χ0n) is 16.1. The summed E-state index contributed by atoms with van der Waals surface area (Å²) in [7, 11) is 0. The molecule has 1 aliphatic rings. The van der Waals surface area contributed by atoms with Crippen LogP contribution in [0.5, 0.6) is 0 Å². The second kappa shape index (κ2) is 7.71. The summed E-state index contributed by atoms with van der Waals surface area (Å²) in [6.07, 6.45) is 3.30. The predicted octanol–water partition coefficient (Wildman–Crippen LogP) is 5.56. The molecule has 0 saturated heterocycles. The number of hydrogen-bond acceptors (Lipinski definition) is 5. The Morgan fingerprint density at radius 1 is 1.14 bits per heavy atom. The molecule has 0 spiro atoms. The number of rotatable bonds is 4. The average molecular weight is 420 g/mol. The van der Waals surface area contributed by atoms with Crippen molar-refractivity contribution in [1.82, 2.24) is 14.9 Å². The highest BCUT2D eigenvalue weighted by Gasteiger charge is 2.22. The largest absolute Gasteiger partial charge is 0.309 e. The second-order valence-corrected chi connectivity index (χ2v) is 9.08. The van der Waals surface area contributed by atoms with Gasteiger partial charge in [0, 0.05) is 28.9 Å². The Labute approximate surface area is 177 Å². The molecule has 1 atom stereocenters. The van der Waals surface area contributed by atoms with Gasteiger partial charge in [0.15, 0.2) is 0 Å². The third-order valence-electron chi connectivity index (χ3n) is 5.58. The minimum absolute atomic E-state index is 0.0426. The molecule has 0 aliphatic carbocycles. The summed E-state index contributed by atoms with van der Waals surface area (Å²) in [6, 6.07) is 14.7. The third-order valence-corrected chi connectivity index (χ3v) is 7.35. The Hall–Kier alpha value is -2.54. The molecule has 0 radical (unpaired) electrons. The van der Waals surface area contributed by atoms with Crippen molar-refractivity contribution in [1.29, 1.82) is 0 Å². The highest BCUT2D eigenvalue weighted by atomic mass is 32.1. The Kier molecular flexibility index (Phi) is 4.91. The van der Waals surface area contributed by atoms with E-state index in [1.807, 2.05) is 29.0 Å². The molecule has 4 nitrogen and oxygen atoms in total. The van der Waals surface area contributed by atoms with Crippen LogP contribution in [0.3, 0.4) is 0 Å². The van der Waals surface area contributed by atoms with E-state index < -0.39 is 0 Å². The Morgan fingerprint density at radius 3 is 2.72 bits per heavy atom. The fraction of sp³-hybridized carbons (Fsp3) is 0.217. The zero-order chi connectivity index (χ0) is 19.8. The average Bonchev–Trinajstić information content (AvgIpc) is 3.44. The molecule has 0 fully saturated rings. The molecule has 0 amide bonds. The van der Waals surface area contributed by atoms with Crippen LogP contribution in [0.15, 0.2) is 64.1 Å². The number of nitrogens with zero attached hydrogens (tertiary/aromatic N) is 2. The van der Waals surface area contributed by atoms with E-state index in [1.165, 1.54) is 11.1 Å². The van der Waals surface area contributed by atoms with E-state index in [1.54, 1.807) is 22.7 Å². The zero-order valence-corrected chi connectivity index (χ0v) is 17.7. The van der Waals surface area contributed by atoms with Gasteiger partial charge in [-0.25, -0.2) is 4.98 Å². The van der Waals surface area contributed by atoms with Crippen molar-refractivity contribution in [2.24, 2.45) is 0 Å². The Balaban J connectivity index is 1.41. The number of hydrogen-bond donors (Lipinski definition) is 1. The van der Waals surface area contributed by atoms with Gasteiger partial charge in [-0.05, 0) is 35.9 Å². The van der Waals surface area contributed by atoms with Crippen LogP contribution in [0.1, 0.15) is 30.8 Å².